The fraction of sp³-hybridized carbons (Fsp3) is 0.389. The molecule has 1 amide bonds. The second kappa shape index (κ2) is 8.27. The van der Waals surface area contributed by atoms with Crippen molar-refractivity contribution in [1.29, 1.82) is 0 Å². The number of rotatable bonds is 7. The van der Waals surface area contributed by atoms with E-state index in [1.165, 1.54) is 5.56 Å². The average molecular weight is 312 g/mol. The van der Waals surface area contributed by atoms with Crippen molar-refractivity contribution in [3.8, 4) is 0 Å². The Morgan fingerprint density at radius 2 is 1.83 bits per heavy atom. The highest BCUT2D eigenvalue weighted by Gasteiger charge is 2.09. The van der Waals surface area contributed by atoms with Crippen LogP contribution in [-0.2, 0) is 6.54 Å². The third-order valence-corrected chi connectivity index (χ3v) is 3.51. The van der Waals surface area contributed by atoms with E-state index >= 15 is 0 Å². The van der Waals surface area contributed by atoms with Gasteiger partial charge in [-0.3, -0.25) is 4.79 Å². The second-order valence-corrected chi connectivity index (χ2v) is 6.05. The number of nitrogens with one attached hydrogen (secondary N) is 1. The summed E-state index contributed by atoms with van der Waals surface area (Å²) in [5, 5.41) is 2.89. The summed E-state index contributed by atoms with van der Waals surface area (Å²) in [6.07, 6.45) is 4.12. The number of benzene rings is 1. The third kappa shape index (κ3) is 5.36. The molecule has 0 aliphatic rings. The molecule has 0 saturated carbocycles. The largest absolute Gasteiger partial charge is 0.352 e. The van der Waals surface area contributed by atoms with Crippen LogP contribution in [0, 0.1) is 5.92 Å². The van der Waals surface area contributed by atoms with E-state index in [9.17, 15) is 4.79 Å². The number of nitrogens with zero attached hydrogens (tertiary/aromatic N) is 3. The number of carbonyl (C=O) groups excluding carboxylic acids is 1. The molecule has 5 nitrogen and oxygen atoms in total. The van der Waals surface area contributed by atoms with Gasteiger partial charge in [-0.15, -0.1) is 0 Å². The number of carbonyl (C=O) groups is 1. The highest BCUT2D eigenvalue weighted by atomic mass is 16.1. The Balaban J connectivity index is 1.92. The Hall–Kier alpha value is -2.43. The number of anilines is 1. The topological polar surface area (TPSA) is 58.1 Å². The molecule has 2 aromatic rings. The van der Waals surface area contributed by atoms with E-state index in [1.54, 1.807) is 12.4 Å². The van der Waals surface area contributed by atoms with E-state index in [0.717, 1.165) is 13.0 Å². The van der Waals surface area contributed by atoms with Crippen LogP contribution in [-0.4, -0.2) is 29.5 Å². The molecule has 1 N–H and O–H groups in total. The minimum absolute atomic E-state index is 0.122. The highest BCUT2D eigenvalue weighted by Crippen LogP contribution is 2.10. The number of hydrogen-bond acceptors (Lipinski definition) is 4. The fourth-order valence-electron chi connectivity index (χ4n) is 2.14. The first-order valence-electron chi connectivity index (χ1n) is 7.91. The van der Waals surface area contributed by atoms with Gasteiger partial charge in [0.2, 0.25) is 5.95 Å². The summed E-state index contributed by atoms with van der Waals surface area (Å²) in [4.78, 5) is 22.5. The number of aromatic nitrogens is 2. The molecule has 1 aromatic heterocycles. The average Bonchev–Trinajstić information content (AvgIpc) is 2.55. The van der Waals surface area contributed by atoms with Gasteiger partial charge in [0.25, 0.3) is 5.91 Å². The van der Waals surface area contributed by atoms with Crippen molar-refractivity contribution < 1.29 is 4.79 Å². The van der Waals surface area contributed by atoms with Crippen LogP contribution in [0.3, 0.4) is 0 Å². The molecule has 0 aliphatic carbocycles. The first kappa shape index (κ1) is 16.9. The van der Waals surface area contributed by atoms with Gasteiger partial charge in [0, 0.05) is 32.5 Å². The molecule has 0 aliphatic heterocycles. The van der Waals surface area contributed by atoms with E-state index < -0.39 is 0 Å². The highest BCUT2D eigenvalue weighted by molar-refractivity contribution is 5.93. The second-order valence-electron chi connectivity index (χ2n) is 6.05. The van der Waals surface area contributed by atoms with Crippen molar-refractivity contribution in [2.75, 3.05) is 18.5 Å². The SMILES string of the molecule is CC(C)CCNC(=O)c1cnc(N(C)Cc2ccccc2)nc1. The molecular formula is C18H24N4O. The summed E-state index contributed by atoms with van der Waals surface area (Å²) < 4.78 is 0. The van der Waals surface area contributed by atoms with E-state index in [4.69, 9.17) is 0 Å². The monoisotopic (exact) mass is 312 g/mol. The van der Waals surface area contributed by atoms with Crippen molar-refractivity contribution in [3.63, 3.8) is 0 Å². The minimum Gasteiger partial charge on any atom is -0.352 e. The lowest BCUT2D eigenvalue weighted by Crippen LogP contribution is -2.26. The Bertz CT molecular complexity index is 611. The molecule has 122 valence electrons. The molecule has 0 bridgehead atoms. The normalized spacial score (nSPS) is 10.6. The van der Waals surface area contributed by atoms with Crippen LogP contribution in [0.1, 0.15) is 36.2 Å². The molecule has 0 fully saturated rings. The zero-order valence-electron chi connectivity index (χ0n) is 14.0. The van der Waals surface area contributed by atoms with Crippen LogP contribution in [0.4, 0.5) is 5.95 Å². The van der Waals surface area contributed by atoms with Crippen LogP contribution in [0.25, 0.3) is 0 Å². The van der Waals surface area contributed by atoms with Gasteiger partial charge in [-0.2, -0.15) is 0 Å². The maximum Gasteiger partial charge on any atom is 0.254 e. The Morgan fingerprint density at radius 1 is 1.17 bits per heavy atom. The van der Waals surface area contributed by atoms with Crippen molar-refractivity contribution in [1.82, 2.24) is 15.3 Å². The minimum atomic E-state index is -0.122. The fourth-order valence-corrected chi connectivity index (χ4v) is 2.14. The van der Waals surface area contributed by atoms with Crippen molar-refractivity contribution in [3.05, 3.63) is 53.9 Å². The van der Waals surface area contributed by atoms with E-state index in [0.29, 0.717) is 24.0 Å². The van der Waals surface area contributed by atoms with Gasteiger partial charge in [-0.25, -0.2) is 9.97 Å². The van der Waals surface area contributed by atoms with Crippen molar-refractivity contribution in [2.45, 2.75) is 26.8 Å². The van der Waals surface area contributed by atoms with Crippen LogP contribution < -0.4 is 10.2 Å². The lowest BCUT2D eigenvalue weighted by atomic mass is 10.1. The molecule has 5 heteroatoms. The maximum absolute atomic E-state index is 12.0. The standard InChI is InChI=1S/C18H24N4O/c1-14(2)9-10-19-17(23)16-11-20-18(21-12-16)22(3)13-15-7-5-4-6-8-15/h4-8,11-12,14H,9-10,13H2,1-3H3,(H,19,23). The maximum atomic E-state index is 12.0. The van der Waals surface area contributed by atoms with Gasteiger partial charge in [0.1, 0.15) is 0 Å². The van der Waals surface area contributed by atoms with Gasteiger partial charge < -0.3 is 10.2 Å². The zero-order chi connectivity index (χ0) is 16.7. The number of amides is 1. The third-order valence-electron chi connectivity index (χ3n) is 3.51. The molecule has 0 atom stereocenters. The van der Waals surface area contributed by atoms with E-state index in [1.807, 2.05) is 30.1 Å². The summed E-state index contributed by atoms with van der Waals surface area (Å²) in [6.45, 7) is 5.66. The lowest BCUT2D eigenvalue weighted by Gasteiger charge is -2.17. The molecule has 1 aromatic carbocycles. The smallest absolute Gasteiger partial charge is 0.254 e. The molecule has 23 heavy (non-hydrogen) atoms. The van der Waals surface area contributed by atoms with Gasteiger partial charge >= 0.3 is 0 Å². The summed E-state index contributed by atoms with van der Waals surface area (Å²) in [7, 11) is 1.94. The van der Waals surface area contributed by atoms with Crippen LogP contribution in [0.15, 0.2) is 42.7 Å². The van der Waals surface area contributed by atoms with Gasteiger partial charge in [-0.05, 0) is 17.9 Å². The van der Waals surface area contributed by atoms with E-state index in [2.05, 4.69) is 41.3 Å². The first-order valence-corrected chi connectivity index (χ1v) is 7.91. The molecule has 0 saturated heterocycles. The Labute approximate surface area is 137 Å². The first-order chi connectivity index (χ1) is 11.1. The van der Waals surface area contributed by atoms with Gasteiger partial charge in [0.15, 0.2) is 0 Å². The Kier molecular flexibility index (Phi) is 6.09. The summed E-state index contributed by atoms with van der Waals surface area (Å²) in [6, 6.07) is 10.1. The van der Waals surface area contributed by atoms with E-state index in [-0.39, 0.29) is 5.91 Å². The molecular weight excluding hydrogens is 288 g/mol. The van der Waals surface area contributed by atoms with Crippen molar-refractivity contribution in [2.24, 2.45) is 5.92 Å². The number of hydrogen-bond donors (Lipinski definition) is 1. The van der Waals surface area contributed by atoms with Gasteiger partial charge in [-0.1, -0.05) is 44.2 Å². The zero-order valence-corrected chi connectivity index (χ0v) is 14.0. The molecule has 0 radical (unpaired) electrons. The summed E-state index contributed by atoms with van der Waals surface area (Å²) in [5.41, 5.74) is 1.68. The van der Waals surface area contributed by atoms with Crippen molar-refractivity contribution >= 4 is 11.9 Å². The quantitative estimate of drug-likeness (QED) is 0.854. The van der Waals surface area contributed by atoms with Crippen LogP contribution in [0.2, 0.25) is 0 Å². The predicted molar refractivity (Wildman–Crippen MR) is 92.4 cm³/mol. The lowest BCUT2D eigenvalue weighted by molar-refractivity contribution is 0.0951. The molecule has 0 unspecified atom stereocenters. The molecule has 0 spiro atoms. The summed E-state index contributed by atoms with van der Waals surface area (Å²) >= 11 is 0. The Morgan fingerprint density at radius 3 is 2.43 bits per heavy atom. The van der Waals surface area contributed by atoms with Gasteiger partial charge in [0.05, 0.1) is 5.56 Å². The predicted octanol–water partition coefficient (Wildman–Crippen LogP) is 2.89. The summed E-state index contributed by atoms with van der Waals surface area (Å²) in [5.74, 6) is 1.05. The van der Waals surface area contributed by atoms with Crippen LogP contribution >= 0.6 is 0 Å². The molecule has 1 heterocycles. The van der Waals surface area contributed by atoms with Crippen LogP contribution in [0.5, 0.6) is 0 Å². The molecule has 2 rings (SSSR count).